The van der Waals surface area contributed by atoms with E-state index in [-0.39, 0.29) is 17.4 Å². The van der Waals surface area contributed by atoms with Gasteiger partial charge in [-0.25, -0.2) is 0 Å². The van der Waals surface area contributed by atoms with Crippen LogP contribution in [0.3, 0.4) is 0 Å². The number of pyridine rings is 1. The zero-order valence-electron chi connectivity index (χ0n) is 20.5. The Hall–Kier alpha value is -4.74. The van der Waals surface area contributed by atoms with Gasteiger partial charge < -0.3 is 20.2 Å². The summed E-state index contributed by atoms with van der Waals surface area (Å²) < 4.78 is 37.0. The molecule has 4 aromatic rings. The second-order valence-corrected chi connectivity index (χ2v) is 8.99. The molecule has 1 aliphatic rings. The monoisotopic (exact) mass is 536 g/mol. The van der Waals surface area contributed by atoms with E-state index < -0.39 is 18.6 Å². The SMILES string of the molecule is O=C(NCC(F)(F)F)c1ccc(N2CCN(C(=O)c3ccc(-c4cncc(O)c4)c4ccccc34)CC2)nn1. The van der Waals surface area contributed by atoms with Crippen LogP contribution in [-0.4, -0.2) is 75.9 Å². The van der Waals surface area contributed by atoms with Gasteiger partial charge in [0.2, 0.25) is 0 Å². The van der Waals surface area contributed by atoms with Crippen molar-refractivity contribution >= 4 is 28.4 Å². The zero-order chi connectivity index (χ0) is 27.6. The molecule has 0 aliphatic carbocycles. The number of aromatic hydroxyl groups is 1. The van der Waals surface area contributed by atoms with E-state index in [4.69, 9.17) is 0 Å². The topological polar surface area (TPSA) is 112 Å². The molecule has 2 N–H and O–H groups in total. The van der Waals surface area contributed by atoms with E-state index in [0.29, 0.717) is 37.6 Å². The molecule has 2 aromatic heterocycles. The lowest BCUT2D eigenvalue weighted by atomic mass is 9.95. The maximum absolute atomic E-state index is 13.5. The summed E-state index contributed by atoms with van der Waals surface area (Å²) in [5.74, 6) is -0.558. The molecule has 9 nitrogen and oxygen atoms in total. The molecule has 2 amide bonds. The van der Waals surface area contributed by atoms with Crippen LogP contribution in [0, 0.1) is 0 Å². The first kappa shape index (κ1) is 25.9. The highest BCUT2D eigenvalue weighted by atomic mass is 19.4. The standard InChI is InChI=1S/C27H23F3N6O3/c28-27(29,30)16-32-25(38)23-7-8-24(34-33-23)35-9-11-36(12-10-35)26(39)22-6-5-19(17-13-18(37)15-31-14-17)20-3-1-2-4-21(20)22/h1-8,13-15,37H,9-12,16H2,(H,32,38). The Labute approximate surface area is 220 Å². The lowest BCUT2D eigenvalue weighted by Crippen LogP contribution is -2.49. The number of halogens is 3. The normalized spacial score (nSPS) is 13.9. The van der Waals surface area contributed by atoms with Crippen molar-refractivity contribution in [2.24, 2.45) is 0 Å². The number of benzene rings is 2. The molecule has 0 radical (unpaired) electrons. The van der Waals surface area contributed by atoms with Crippen molar-refractivity contribution in [3.8, 4) is 16.9 Å². The minimum absolute atomic E-state index is 0.0543. The van der Waals surface area contributed by atoms with Crippen LogP contribution in [0.5, 0.6) is 5.75 Å². The van der Waals surface area contributed by atoms with Crippen molar-refractivity contribution in [1.82, 2.24) is 25.4 Å². The van der Waals surface area contributed by atoms with E-state index in [0.717, 1.165) is 21.9 Å². The summed E-state index contributed by atoms with van der Waals surface area (Å²) >= 11 is 0. The third kappa shape index (κ3) is 5.74. The van der Waals surface area contributed by atoms with Crippen LogP contribution in [0.25, 0.3) is 21.9 Å². The number of hydrogen-bond acceptors (Lipinski definition) is 7. The molecule has 12 heteroatoms. The number of nitrogens with zero attached hydrogens (tertiary/aromatic N) is 5. The molecular weight excluding hydrogens is 513 g/mol. The second kappa shape index (κ2) is 10.6. The molecule has 39 heavy (non-hydrogen) atoms. The van der Waals surface area contributed by atoms with Gasteiger partial charge in [-0.2, -0.15) is 13.2 Å². The summed E-state index contributed by atoms with van der Waals surface area (Å²) in [5, 5.41) is 21.0. The number of piperazine rings is 1. The first-order valence-corrected chi connectivity index (χ1v) is 12.1. The van der Waals surface area contributed by atoms with Crippen LogP contribution in [0.2, 0.25) is 0 Å². The fraction of sp³-hybridized carbons (Fsp3) is 0.222. The molecule has 0 spiro atoms. The summed E-state index contributed by atoms with van der Waals surface area (Å²) in [5.41, 5.74) is 1.94. The molecule has 0 bridgehead atoms. The summed E-state index contributed by atoms with van der Waals surface area (Å²) in [7, 11) is 0. The van der Waals surface area contributed by atoms with Crippen LogP contribution in [0.15, 0.2) is 67.0 Å². The molecule has 1 saturated heterocycles. The number of hydrogen-bond donors (Lipinski definition) is 2. The fourth-order valence-corrected chi connectivity index (χ4v) is 4.51. The van der Waals surface area contributed by atoms with Gasteiger partial charge in [-0.05, 0) is 40.6 Å². The first-order valence-electron chi connectivity index (χ1n) is 12.1. The quantitative estimate of drug-likeness (QED) is 0.401. The Balaban J connectivity index is 1.27. The van der Waals surface area contributed by atoms with Crippen LogP contribution in [0.1, 0.15) is 20.8 Å². The Morgan fingerprint density at radius 3 is 2.33 bits per heavy atom. The maximum Gasteiger partial charge on any atom is 0.405 e. The van der Waals surface area contributed by atoms with Crippen LogP contribution >= 0.6 is 0 Å². The first-order chi connectivity index (χ1) is 18.7. The number of carbonyl (C=O) groups is 2. The largest absolute Gasteiger partial charge is 0.506 e. The predicted molar refractivity (Wildman–Crippen MR) is 137 cm³/mol. The van der Waals surface area contributed by atoms with Gasteiger partial charge in [0.25, 0.3) is 11.8 Å². The maximum atomic E-state index is 13.5. The highest BCUT2D eigenvalue weighted by Crippen LogP contribution is 2.32. The van der Waals surface area contributed by atoms with E-state index in [2.05, 4.69) is 15.2 Å². The molecule has 0 unspecified atom stereocenters. The van der Waals surface area contributed by atoms with Gasteiger partial charge in [0.15, 0.2) is 11.5 Å². The second-order valence-electron chi connectivity index (χ2n) is 8.99. The van der Waals surface area contributed by atoms with Crippen LogP contribution in [0.4, 0.5) is 19.0 Å². The van der Waals surface area contributed by atoms with Gasteiger partial charge in [0.05, 0.1) is 6.20 Å². The van der Waals surface area contributed by atoms with E-state index in [1.807, 2.05) is 35.2 Å². The highest BCUT2D eigenvalue weighted by molar-refractivity contribution is 6.11. The van der Waals surface area contributed by atoms with Crippen LogP contribution < -0.4 is 10.2 Å². The van der Waals surface area contributed by atoms with Crippen molar-refractivity contribution < 1.29 is 27.9 Å². The Bertz CT molecular complexity index is 1520. The van der Waals surface area contributed by atoms with Crippen molar-refractivity contribution in [3.63, 3.8) is 0 Å². The van der Waals surface area contributed by atoms with Gasteiger partial charge in [-0.15, -0.1) is 10.2 Å². The lowest BCUT2D eigenvalue weighted by molar-refractivity contribution is -0.123. The summed E-state index contributed by atoms with van der Waals surface area (Å²) in [6.07, 6.45) is -1.50. The minimum atomic E-state index is -4.52. The number of carbonyl (C=O) groups excluding carboxylic acids is 2. The van der Waals surface area contributed by atoms with Gasteiger partial charge in [0.1, 0.15) is 12.3 Å². The molecule has 1 fully saturated rings. The number of nitrogens with one attached hydrogen (secondary N) is 1. The number of amides is 2. The van der Waals surface area contributed by atoms with E-state index in [1.165, 1.54) is 18.3 Å². The molecule has 1 aliphatic heterocycles. The third-order valence-corrected chi connectivity index (χ3v) is 6.41. The predicted octanol–water partition coefficient (Wildman–Crippen LogP) is 3.65. The molecule has 0 saturated carbocycles. The van der Waals surface area contributed by atoms with E-state index in [1.54, 1.807) is 28.5 Å². The molecule has 5 rings (SSSR count). The number of rotatable bonds is 5. The number of fused-ring (bicyclic) bond motifs is 1. The number of alkyl halides is 3. The molecular formula is C27H23F3N6O3. The minimum Gasteiger partial charge on any atom is -0.506 e. The Morgan fingerprint density at radius 2 is 1.67 bits per heavy atom. The molecule has 2 aromatic carbocycles. The Morgan fingerprint density at radius 1 is 0.923 bits per heavy atom. The van der Waals surface area contributed by atoms with Crippen molar-refractivity contribution in [2.45, 2.75) is 6.18 Å². The number of aromatic nitrogens is 3. The summed E-state index contributed by atoms with van der Waals surface area (Å²) in [6.45, 7) is 0.314. The van der Waals surface area contributed by atoms with E-state index in [9.17, 15) is 27.9 Å². The van der Waals surface area contributed by atoms with Crippen molar-refractivity contribution in [3.05, 3.63) is 78.2 Å². The summed E-state index contributed by atoms with van der Waals surface area (Å²) in [4.78, 5) is 33.1. The van der Waals surface area contributed by atoms with Gasteiger partial charge in [-0.1, -0.05) is 30.3 Å². The van der Waals surface area contributed by atoms with E-state index >= 15 is 0 Å². The average molecular weight is 537 g/mol. The van der Waals surface area contributed by atoms with Gasteiger partial charge >= 0.3 is 6.18 Å². The lowest BCUT2D eigenvalue weighted by Gasteiger charge is -2.35. The fourth-order valence-electron chi connectivity index (χ4n) is 4.51. The Kier molecular flexibility index (Phi) is 7.01. The van der Waals surface area contributed by atoms with Crippen molar-refractivity contribution in [1.29, 1.82) is 0 Å². The molecule has 3 heterocycles. The van der Waals surface area contributed by atoms with Gasteiger partial charge in [0, 0.05) is 43.5 Å². The highest BCUT2D eigenvalue weighted by Gasteiger charge is 2.29. The number of anilines is 1. The third-order valence-electron chi connectivity index (χ3n) is 6.41. The zero-order valence-corrected chi connectivity index (χ0v) is 20.5. The smallest absolute Gasteiger partial charge is 0.405 e. The van der Waals surface area contributed by atoms with Gasteiger partial charge in [-0.3, -0.25) is 14.6 Å². The molecule has 0 atom stereocenters. The van der Waals surface area contributed by atoms with Crippen LogP contribution in [-0.2, 0) is 0 Å². The molecule has 200 valence electrons. The average Bonchev–Trinajstić information content (AvgIpc) is 2.95. The summed E-state index contributed by atoms with van der Waals surface area (Å²) in [6, 6.07) is 15.7. The van der Waals surface area contributed by atoms with Crippen molar-refractivity contribution in [2.75, 3.05) is 37.6 Å².